The van der Waals surface area contributed by atoms with Crippen LogP contribution in [0.1, 0.15) is 38.3 Å². The van der Waals surface area contributed by atoms with E-state index in [-0.39, 0.29) is 24.0 Å². The first-order valence-corrected chi connectivity index (χ1v) is 6.15. The van der Waals surface area contributed by atoms with Gasteiger partial charge in [-0.05, 0) is 38.3 Å². The van der Waals surface area contributed by atoms with Crippen molar-refractivity contribution >= 4 is 0 Å². The zero-order valence-electron chi connectivity index (χ0n) is 10.3. The van der Waals surface area contributed by atoms with Gasteiger partial charge in [-0.2, -0.15) is 0 Å². The first kappa shape index (κ1) is 12.5. The van der Waals surface area contributed by atoms with E-state index in [4.69, 9.17) is 4.74 Å². The summed E-state index contributed by atoms with van der Waals surface area (Å²) in [6, 6.07) is 1.88. The number of pyridine rings is 1. The predicted molar refractivity (Wildman–Crippen MR) is 64.2 cm³/mol. The second-order valence-electron chi connectivity index (χ2n) is 4.66. The second kappa shape index (κ2) is 5.56. The molecule has 2 rings (SSSR count). The van der Waals surface area contributed by atoms with Gasteiger partial charge >= 0.3 is 0 Å². The Labute approximate surface area is 101 Å². The van der Waals surface area contributed by atoms with Gasteiger partial charge in [-0.15, -0.1) is 0 Å². The fourth-order valence-corrected chi connectivity index (χ4v) is 2.26. The lowest BCUT2D eigenvalue weighted by molar-refractivity contribution is 0.0804. The van der Waals surface area contributed by atoms with E-state index in [1.54, 1.807) is 6.20 Å². The van der Waals surface area contributed by atoms with Crippen molar-refractivity contribution in [1.82, 2.24) is 10.3 Å². The third-order valence-corrected chi connectivity index (χ3v) is 3.26. The van der Waals surface area contributed by atoms with E-state index in [1.807, 2.05) is 6.92 Å². The molecule has 1 saturated heterocycles. The molecule has 3 nitrogen and oxygen atoms in total. The lowest BCUT2D eigenvalue weighted by Crippen LogP contribution is -2.38. The summed E-state index contributed by atoms with van der Waals surface area (Å²) in [5, 5.41) is 3.43. The van der Waals surface area contributed by atoms with Gasteiger partial charge in [0.1, 0.15) is 5.82 Å². The van der Waals surface area contributed by atoms with Crippen molar-refractivity contribution in [2.45, 2.75) is 44.9 Å². The molecule has 3 unspecified atom stereocenters. The Kier molecular flexibility index (Phi) is 4.07. The fraction of sp³-hybridized carbons (Fsp3) is 0.615. The molecule has 0 aliphatic carbocycles. The monoisotopic (exact) mass is 238 g/mol. The van der Waals surface area contributed by atoms with Gasteiger partial charge in [0.15, 0.2) is 0 Å². The van der Waals surface area contributed by atoms with Crippen LogP contribution in [0.5, 0.6) is 0 Å². The number of rotatable bonds is 4. The molecule has 0 amide bonds. The van der Waals surface area contributed by atoms with Gasteiger partial charge in [-0.25, -0.2) is 4.39 Å². The fourth-order valence-electron chi connectivity index (χ4n) is 2.26. The molecule has 1 fully saturated rings. The zero-order valence-corrected chi connectivity index (χ0v) is 10.3. The highest BCUT2D eigenvalue weighted by atomic mass is 19.1. The van der Waals surface area contributed by atoms with Gasteiger partial charge in [0, 0.05) is 24.9 Å². The summed E-state index contributed by atoms with van der Waals surface area (Å²) >= 11 is 0. The Morgan fingerprint density at radius 2 is 2.29 bits per heavy atom. The number of aromatic nitrogens is 1. The summed E-state index contributed by atoms with van der Waals surface area (Å²) < 4.78 is 18.7. The summed E-state index contributed by atoms with van der Waals surface area (Å²) in [5.41, 5.74) is 0.870. The molecule has 0 spiro atoms. The van der Waals surface area contributed by atoms with E-state index in [9.17, 15) is 4.39 Å². The molecule has 0 saturated carbocycles. The number of nitrogens with zero attached hydrogens (tertiary/aromatic N) is 1. The Hall–Kier alpha value is -1.00. The quantitative estimate of drug-likeness (QED) is 0.874. The van der Waals surface area contributed by atoms with Gasteiger partial charge in [0.05, 0.1) is 12.3 Å². The van der Waals surface area contributed by atoms with Crippen LogP contribution in [0.2, 0.25) is 0 Å². The molecule has 1 aromatic heterocycles. The Morgan fingerprint density at radius 3 is 2.94 bits per heavy atom. The highest BCUT2D eigenvalue weighted by Gasteiger charge is 2.23. The van der Waals surface area contributed by atoms with Gasteiger partial charge in [-0.1, -0.05) is 0 Å². The SMILES string of the molecule is CC(NC(C)C1CCCO1)c1cncc(F)c1. The van der Waals surface area contributed by atoms with Crippen molar-refractivity contribution in [3.05, 3.63) is 29.8 Å². The first-order valence-electron chi connectivity index (χ1n) is 6.15. The number of ether oxygens (including phenoxy) is 1. The van der Waals surface area contributed by atoms with Crippen LogP contribution in [0.15, 0.2) is 18.5 Å². The summed E-state index contributed by atoms with van der Waals surface area (Å²) in [6.07, 6.45) is 5.43. The summed E-state index contributed by atoms with van der Waals surface area (Å²) in [4.78, 5) is 3.86. The van der Waals surface area contributed by atoms with E-state index < -0.39 is 0 Å². The lowest BCUT2D eigenvalue weighted by Gasteiger charge is -2.24. The Balaban J connectivity index is 1.93. The third-order valence-electron chi connectivity index (χ3n) is 3.26. The number of hydrogen-bond acceptors (Lipinski definition) is 3. The first-order chi connectivity index (χ1) is 8.16. The normalized spacial score (nSPS) is 23.6. The van der Waals surface area contributed by atoms with Crippen LogP contribution in [0.3, 0.4) is 0 Å². The summed E-state index contributed by atoms with van der Waals surface area (Å²) in [6.45, 7) is 4.98. The topological polar surface area (TPSA) is 34.1 Å². The van der Waals surface area contributed by atoms with Crippen LogP contribution >= 0.6 is 0 Å². The predicted octanol–water partition coefficient (Wildman–Crippen LogP) is 2.44. The van der Waals surface area contributed by atoms with Crippen LogP contribution in [-0.2, 0) is 4.74 Å². The van der Waals surface area contributed by atoms with Crippen molar-refractivity contribution in [2.75, 3.05) is 6.61 Å². The van der Waals surface area contributed by atoms with E-state index in [2.05, 4.69) is 17.2 Å². The maximum absolute atomic E-state index is 13.1. The maximum atomic E-state index is 13.1. The molecular weight excluding hydrogens is 219 g/mol. The molecule has 3 atom stereocenters. The molecule has 1 aliphatic rings. The molecule has 17 heavy (non-hydrogen) atoms. The van der Waals surface area contributed by atoms with Crippen molar-refractivity contribution in [2.24, 2.45) is 0 Å². The minimum absolute atomic E-state index is 0.0809. The molecule has 0 aromatic carbocycles. The van der Waals surface area contributed by atoms with E-state index in [0.717, 1.165) is 25.0 Å². The zero-order chi connectivity index (χ0) is 12.3. The largest absolute Gasteiger partial charge is 0.377 e. The van der Waals surface area contributed by atoms with Crippen molar-refractivity contribution in [3.8, 4) is 0 Å². The highest BCUT2D eigenvalue weighted by molar-refractivity contribution is 5.14. The minimum Gasteiger partial charge on any atom is -0.377 e. The van der Waals surface area contributed by atoms with Gasteiger partial charge in [0.2, 0.25) is 0 Å². The Morgan fingerprint density at radius 1 is 1.47 bits per heavy atom. The Bertz CT molecular complexity index is 366. The van der Waals surface area contributed by atoms with Gasteiger partial charge in [-0.3, -0.25) is 4.98 Å². The van der Waals surface area contributed by atoms with Crippen molar-refractivity contribution < 1.29 is 9.13 Å². The van der Waals surface area contributed by atoms with Crippen LogP contribution in [0.4, 0.5) is 4.39 Å². The van der Waals surface area contributed by atoms with Crippen LogP contribution in [0, 0.1) is 5.82 Å². The molecule has 94 valence electrons. The second-order valence-corrected chi connectivity index (χ2v) is 4.66. The number of nitrogens with one attached hydrogen (secondary N) is 1. The molecule has 1 aromatic rings. The maximum Gasteiger partial charge on any atom is 0.141 e. The van der Waals surface area contributed by atoms with Crippen molar-refractivity contribution in [3.63, 3.8) is 0 Å². The standard InChI is InChI=1S/C13H19FN2O/c1-9(11-6-12(14)8-15-7-11)16-10(2)13-4-3-5-17-13/h6-10,13,16H,3-5H2,1-2H3. The average Bonchev–Trinajstić information content (AvgIpc) is 2.82. The third kappa shape index (κ3) is 3.23. The molecule has 0 radical (unpaired) electrons. The van der Waals surface area contributed by atoms with Crippen LogP contribution in [0.25, 0.3) is 0 Å². The average molecular weight is 238 g/mol. The summed E-state index contributed by atoms with van der Waals surface area (Å²) in [5.74, 6) is -0.291. The van der Waals surface area contributed by atoms with E-state index in [1.165, 1.54) is 12.3 Å². The molecular formula is C13H19FN2O. The number of hydrogen-bond donors (Lipinski definition) is 1. The van der Waals surface area contributed by atoms with E-state index in [0.29, 0.717) is 0 Å². The minimum atomic E-state index is -0.291. The van der Waals surface area contributed by atoms with E-state index >= 15 is 0 Å². The van der Waals surface area contributed by atoms with Crippen LogP contribution in [-0.4, -0.2) is 23.7 Å². The molecule has 1 N–H and O–H groups in total. The number of halogens is 1. The molecule has 1 aliphatic heterocycles. The molecule has 2 heterocycles. The van der Waals surface area contributed by atoms with Crippen LogP contribution < -0.4 is 5.32 Å². The smallest absolute Gasteiger partial charge is 0.141 e. The molecule has 0 bridgehead atoms. The molecule has 4 heteroatoms. The van der Waals surface area contributed by atoms with Gasteiger partial charge in [0.25, 0.3) is 0 Å². The highest BCUT2D eigenvalue weighted by Crippen LogP contribution is 2.19. The summed E-state index contributed by atoms with van der Waals surface area (Å²) in [7, 11) is 0. The lowest BCUT2D eigenvalue weighted by atomic mass is 10.1. The van der Waals surface area contributed by atoms with Gasteiger partial charge < -0.3 is 10.1 Å². The van der Waals surface area contributed by atoms with Crippen molar-refractivity contribution in [1.29, 1.82) is 0 Å².